The Morgan fingerprint density at radius 3 is 2.93 bits per heavy atom. The minimum absolute atomic E-state index is 0.0584. The van der Waals surface area contributed by atoms with Crippen molar-refractivity contribution in [3.8, 4) is 0 Å². The molecule has 0 aromatic carbocycles. The average molecular weight is 196 g/mol. The minimum Gasteiger partial charge on any atom is -0.480 e. The van der Waals surface area contributed by atoms with Crippen molar-refractivity contribution in [1.29, 1.82) is 0 Å². The van der Waals surface area contributed by atoms with E-state index in [0.29, 0.717) is 5.56 Å². The van der Waals surface area contributed by atoms with Crippen LogP contribution in [0.2, 0.25) is 0 Å². The molecule has 0 bridgehead atoms. The van der Waals surface area contributed by atoms with Crippen LogP contribution in [0.3, 0.4) is 0 Å². The van der Waals surface area contributed by atoms with E-state index in [9.17, 15) is 9.59 Å². The van der Waals surface area contributed by atoms with E-state index >= 15 is 0 Å². The molecule has 0 fully saturated rings. The second kappa shape index (κ2) is 4.06. The van der Waals surface area contributed by atoms with Crippen molar-refractivity contribution in [2.24, 2.45) is 12.8 Å². The van der Waals surface area contributed by atoms with Crippen LogP contribution >= 0.6 is 0 Å². The fourth-order valence-corrected chi connectivity index (χ4v) is 1.13. The first kappa shape index (κ1) is 10.5. The van der Waals surface area contributed by atoms with E-state index in [-0.39, 0.29) is 12.0 Å². The Morgan fingerprint density at radius 2 is 2.36 bits per heavy atom. The summed E-state index contributed by atoms with van der Waals surface area (Å²) in [5.41, 5.74) is 5.54. The van der Waals surface area contributed by atoms with Gasteiger partial charge in [0.05, 0.1) is 0 Å². The molecule has 3 N–H and O–H groups in total. The van der Waals surface area contributed by atoms with Crippen molar-refractivity contribution in [2.45, 2.75) is 12.5 Å². The molecule has 5 nitrogen and oxygen atoms in total. The molecular weight excluding hydrogens is 184 g/mol. The zero-order chi connectivity index (χ0) is 10.7. The zero-order valence-electron chi connectivity index (χ0n) is 7.80. The highest BCUT2D eigenvalue weighted by Gasteiger charge is 2.14. The summed E-state index contributed by atoms with van der Waals surface area (Å²) in [5, 5.41) is 8.57. The Balaban J connectivity index is 2.93. The number of nitrogens with two attached hydrogens (primary N) is 1. The van der Waals surface area contributed by atoms with E-state index in [1.807, 2.05) is 0 Å². The lowest BCUT2D eigenvalue weighted by atomic mass is 10.1. The second-order valence-electron chi connectivity index (χ2n) is 3.10. The summed E-state index contributed by atoms with van der Waals surface area (Å²) in [4.78, 5) is 21.9. The van der Waals surface area contributed by atoms with Gasteiger partial charge in [-0.05, 0) is 6.07 Å². The van der Waals surface area contributed by atoms with E-state index in [0.717, 1.165) is 0 Å². The Bertz CT molecular complexity index is 397. The normalized spacial score (nSPS) is 12.4. The molecule has 1 aromatic heterocycles. The highest BCUT2D eigenvalue weighted by molar-refractivity contribution is 5.73. The molecule has 76 valence electrons. The molecular formula is C9H12N2O3. The average Bonchev–Trinajstić information content (AvgIpc) is 2.12. The van der Waals surface area contributed by atoms with Crippen LogP contribution in [0.15, 0.2) is 23.1 Å². The van der Waals surface area contributed by atoms with Crippen molar-refractivity contribution < 1.29 is 9.90 Å². The molecule has 5 heteroatoms. The van der Waals surface area contributed by atoms with Gasteiger partial charge in [-0.15, -0.1) is 0 Å². The lowest BCUT2D eigenvalue weighted by Crippen LogP contribution is -2.35. The van der Waals surface area contributed by atoms with E-state index in [2.05, 4.69) is 0 Å². The molecule has 0 aliphatic heterocycles. The predicted molar refractivity (Wildman–Crippen MR) is 51.0 cm³/mol. The smallest absolute Gasteiger partial charge is 0.320 e. The van der Waals surface area contributed by atoms with E-state index in [1.165, 1.54) is 4.57 Å². The number of carboxylic acid groups (broad SMARTS) is 1. The lowest BCUT2D eigenvalue weighted by Gasteiger charge is -2.06. The number of hydrogen-bond donors (Lipinski definition) is 2. The summed E-state index contributed by atoms with van der Waals surface area (Å²) in [5.74, 6) is -1.10. The quantitative estimate of drug-likeness (QED) is 0.672. The SMILES string of the molecule is Cn1cccc(C[C@H](N)C(=O)O)c1=O. The molecule has 1 heterocycles. The number of aromatic nitrogens is 1. The number of carboxylic acids is 1. The van der Waals surface area contributed by atoms with Gasteiger partial charge < -0.3 is 15.4 Å². The third-order valence-corrected chi connectivity index (χ3v) is 1.96. The van der Waals surface area contributed by atoms with E-state index < -0.39 is 12.0 Å². The van der Waals surface area contributed by atoms with Gasteiger partial charge in [0.2, 0.25) is 0 Å². The first-order valence-electron chi connectivity index (χ1n) is 4.15. The van der Waals surface area contributed by atoms with Crippen LogP contribution in [0, 0.1) is 0 Å². The first-order valence-corrected chi connectivity index (χ1v) is 4.15. The van der Waals surface area contributed by atoms with Crippen molar-refractivity contribution >= 4 is 5.97 Å². The highest BCUT2D eigenvalue weighted by Crippen LogP contribution is 1.95. The molecule has 1 atom stereocenters. The highest BCUT2D eigenvalue weighted by atomic mass is 16.4. The molecule has 0 radical (unpaired) electrons. The molecule has 0 saturated heterocycles. The van der Waals surface area contributed by atoms with Gasteiger partial charge in [0.15, 0.2) is 0 Å². The standard InChI is InChI=1S/C9H12N2O3/c1-11-4-2-3-6(8(11)12)5-7(10)9(13)14/h2-4,7H,5,10H2,1H3,(H,13,14)/t7-/m0/s1. The molecule has 0 spiro atoms. The second-order valence-corrected chi connectivity index (χ2v) is 3.10. The van der Waals surface area contributed by atoms with Crippen molar-refractivity contribution in [1.82, 2.24) is 4.57 Å². The van der Waals surface area contributed by atoms with Gasteiger partial charge in [-0.25, -0.2) is 0 Å². The van der Waals surface area contributed by atoms with Crippen LogP contribution in [0.4, 0.5) is 0 Å². The Hall–Kier alpha value is -1.62. The third kappa shape index (κ3) is 2.20. The van der Waals surface area contributed by atoms with Gasteiger partial charge in [0.25, 0.3) is 5.56 Å². The summed E-state index contributed by atoms with van der Waals surface area (Å²) in [6.45, 7) is 0. The van der Waals surface area contributed by atoms with Gasteiger partial charge >= 0.3 is 5.97 Å². The molecule has 0 saturated carbocycles. The third-order valence-electron chi connectivity index (χ3n) is 1.96. The largest absolute Gasteiger partial charge is 0.480 e. The Morgan fingerprint density at radius 1 is 1.71 bits per heavy atom. The molecule has 0 amide bonds. The summed E-state index contributed by atoms with van der Waals surface area (Å²) in [6, 6.07) is 2.25. The number of rotatable bonds is 3. The van der Waals surface area contributed by atoms with Crippen molar-refractivity contribution in [2.75, 3.05) is 0 Å². The topological polar surface area (TPSA) is 85.3 Å². The zero-order valence-corrected chi connectivity index (χ0v) is 7.80. The Kier molecular flexibility index (Phi) is 3.03. The summed E-state index contributed by atoms with van der Waals surface area (Å²) >= 11 is 0. The maximum atomic E-state index is 11.4. The molecule has 1 rings (SSSR count). The number of nitrogens with zero attached hydrogens (tertiary/aromatic N) is 1. The first-order chi connectivity index (χ1) is 6.52. The Labute approximate surface area is 80.8 Å². The fourth-order valence-electron chi connectivity index (χ4n) is 1.13. The van der Waals surface area contributed by atoms with Gasteiger partial charge in [-0.2, -0.15) is 0 Å². The van der Waals surface area contributed by atoms with Gasteiger partial charge in [-0.1, -0.05) is 6.07 Å². The van der Waals surface area contributed by atoms with Crippen LogP contribution in [-0.4, -0.2) is 21.7 Å². The van der Waals surface area contributed by atoms with E-state index in [1.54, 1.807) is 25.4 Å². The fraction of sp³-hybridized carbons (Fsp3) is 0.333. The molecule has 14 heavy (non-hydrogen) atoms. The number of aliphatic carboxylic acids is 1. The number of carbonyl (C=O) groups is 1. The predicted octanol–water partition coefficient (Wildman–Crippen LogP) is -0.660. The molecule has 0 aliphatic carbocycles. The van der Waals surface area contributed by atoms with Crippen LogP contribution < -0.4 is 11.3 Å². The summed E-state index contributed by atoms with van der Waals surface area (Å²) < 4.78 is 1.39. The summed E-state index contributed by atoms with van der Waals surface area (Å²) in [6.07, 6.45) is 1.67. The monoisotopic (exact) mass is 196 g/mol. The maximum absolute atomic E-state index is 11.4. The summed E-state index contributed by atoms with van der Waals surface area (Å²) in [7, 11) is 1.61. The van der Waals surface area contributed by atoms with Crippen LogP contribution in [0.1, 0.15) is 5.56 Å². The van der Waals surface area contributed by atoms with Gasteiger partial charge in [0, 0.05) is 25.2 Å². The van der Waals surface area contributed by atoms with Gasteiger partial charge in [0.1, 0.15) is 6.04 Å². The molecule has 1 aromatic rings. The molecule has 0 aliphatic rings. The lowest BCUT2D eigenvalue weighted by molar-refractivity contribution is -0.138. The number of hydrogen-bond acceptors (Lipinski definition) is 3. The van der Waals surface area contributed by atoms with Crippen LogP contribution in [-0.2, 0) is 18.3 Å². The molecule has 0 unspecified atom stereocenters. The van der Waals surface area contributed by atoms with Crippen molar-refractivity contribution in [3.63, 3.8) is 0 Å². The minimum atomic E-state index is -1.10. The van der Waals surface area contributed by atoms with Crippen LogP contribution in [0.5, 0.6) is 0 Å². The number of aryl methyl sites for hydroxylation is 1. The van der Waals surface area contributed by atoms with Crippen molar-refractivity contribution in [3.05, 3.63) is 34.2 Å². The van der Waals surface area contributed by atoms with Gasteiger partial charge in [-0.3, -0.25) is 9.59 Å². The van der Waals surface area contributed by atoms with Crippen LogP contribution in [0.25, 0.3) is 0 Å². The van der Waals surface area contributed by atoms with E-state index in [4.69, 9.17) is 10.8 Å². The maximum Gasteiger partial charge on any atom is 0.320 e. The number of pyridine rings is 1.